The molecule has 23 heavy (non-hydrogen) atoms. The van der Waals surface area contributed by atoms with Gasteiger partial charge in [0.15, 0.2) is 0 Å². The maximum atomic E-state index is 11.7. The van der Waals surface area contributed by atoms with E-state index < -0.39 is 23.3 Å². The van der Waals surface area contributed by atoms with E-state index in [1.807, 2.05) is 0 Å². The number of hydroxylamine groups is 1. The lowest BCUT2D eigenvalue weighted by atomic mass is 10.1. The summed E-state index contributed by atoms with van der Waals surface area (Å²) in [5.41, 5.74) is 0.609. The summed E-state index contributed by atoms with van der Waals surface area (Å²) in [7, 11) is 0. The first-order valence-corrected chi connectivity index (χ1v) is 7.45. The van der Waals surface area contributed by atoms with Crippen LogP contribution in [-0.2, 0) is 28.6 Å². The second kappa shape index (κ2) is 7.63. The number of rotatable bonds is 6. The van der Waals surface area contributed by atoms with Gasteiger partial charge in [0.05, 0.1) is 19.4 Å². The van der Waals surface area contributed by atoms with Crippen LogP contribution >= 0.6 is 0 Å². The van der Waals surface area contributed by atoms with E-state index in [0.717, 1.165) is 0 Å². The van der Waals surface area contributed by atoms with E-state index in [-0.39, 0.29) is 37.9 Å². The highest BCUT2D eigenvalue weighted by Gasteiger charge is 2.29. The molecule has 1 aliphatic heterocycles. The summed E-state index contributed by atoms with van der Waals surface area (Å²) < 4.78 is 14.9. The lowest BCUT2D eigenvalue weighted by Gasteiger charge is -2.26. The Morgan fingerprint density at radius 3 is 2.43 bits per heavy atom. The molecule has 0 aromatic rings. The van der Waals surface area contributed by atoms with Gasteiger partial charge in [-0.05, 0) is 34.6 Å². The molecule has 1 amide bonds. The molecule has 0 spiro atoms. The monoisotopic (exact) mass is 331 g/mol. The summed E-state index contributed by atoms with van der Waals surface area (Å²) in [4.78, 5) is 39.4. The lowest BCUT2D eigenvalue weighted by Crippen LogP contribution is -2.42. The number of hydrogen-bond acceptors (Lipinski definition) is 7. The van der Waals surface area contributed by atoms with Gasteiger partial charge in [0.25, 0.3) is 0 Å². The molecule has 8 nitrogen and oxygen atoms in total. The summed E-state index contributed by atoms with van der Waals surface area (Å²) in [6, 6.07) is 0. The van der Waals surface area contributed by atoms with Crippen LogP contribution in [0.2, 0.25) is 0 Å². The summed E-state index contributed by atoms with van der Waals surface area (Å²) in [6.45, 7) is 8.70. The van der Waals surface area contributed by atoms with Gasteiger partial charge in [-0.25, -0.2) is 4.79 Å². The first-order valence-electron chi connectivity index (χ1n) is 7.45. The minimum atomic E-state index is -0.922. The zero-order chi connectivity index (χ0) is 17.7. The standard InChI is InChI=1S/C15H25NO7/c1-14(2,3)22-13(19)16-23-15(4,5)9-21-12(18)7-10-6-11(17)20-8-10/h10H,6-9H2,1-5H3,(H,16,19). The predicted octanol–water partition coefficient (Wildman–Crippen LogP) is 1.72. The lowest BCUT2D eigenvalue weighted by molar-refractivity contribution is -0.160. The molecule has 132 valence electrons. The molecule has 1 fully saturated rings. The second-order valence-electron chi connectivity index (χ2n) is 7.08. The zero-order valence-electron chi connectivity index (χ0n) is 14.3. The topological polar surface area (TPSA) is 100 Å². The summed E-state index contributed by atoms with van der Waals surface area (Å²) >= 11 is 0. The number of esters is 2. The van der Waals surface area contributed by atoms with E-state index >= 15 is 0 Å². The number of cyclic esters (lactones) is 1. The molecule has 0 aromatic heterocycles. The highest BCUT2D eigenvalue weighted by molar-refractivity contribution is 5.75. The Labute approximate surface area is 135 Å². The molecule has 0 aliphatic carbocycles. The molecular formula is C15H25NO7. The van der Waals surface area contributed by atoms with Gasteiger partial charge < -0.3 is 14.2 Å². The van der Waals surface area contributed by atoms with Crippen LogP contribution < -0.4 is 5.48 Å². The van der Waals surface area contributed by atoms with Gasteiger partial charge >= 0.3 is 18.0 Å². The molecule has 0 saturated carbocycles. The maximum absolute atomic E-state index is 11.7. The van der Waals surface area contributed by atoms with Gasteiger partial charge in [-0.3, -0.25) is 14.4 Å². The van der Waals surface area contributed by atoms with Crippen molar-refractivity contribution >= 4 is 18.0 Å². The highest BCUT2D eigenvalue weighted by Crippen LogP contribution is 2.19. The van der Waals surface area contributed by atoms with Crippen LogP contribution in [0.4, 0.5) is 4.79 Å². The quantitative estimate of drug-likeness (QED) is 0.449. The van der Waals surface area contributed by atoms with Crippen LogP contribution in [0.5, 0.6) is 0 Å². The van der Waals surface area contributed by atoms with Gasteiger partial charge in [0.1, 0.15) is 17.8 Å². The first kappa shape index (κ1) is 19.2. The molecule has 0 bridgehead atoms. The fourth-order valence-corrected chi connectivity index (χ4v) is 1.75. The Bertz CT molecular complexity index is 453. The van der Waals surface area contributed by atoms with Crippen LogP contribution in [0.15, 0.2) is 0 Å². The van der Waals surface area contributed by atoms with Crippen molar-refractivity contribution in [2.75, 3.05) is 13.2 Å². The summed E-state index contributed by atoms with van der Waals surface area (Å²) in [6.07, 6.45) is -0.380. The van der Waals surface area contributed by atoms with Crippen molar-refractivity contribution in [3.63, 3.8) is 0 Å². The van der Waals surface area contributed by atoms with Crippen LogP contribution in [0.1, 0.15) is 47.5 Å². The first-order chi connectivity index (χ1) is 10.5. The molecule has 1 N–H and O–H groups in total. The SMILES string of the molecule is CC(C)(C)OC(=O)NOC(C)(C)COC(=O)CC1COC(=O)C1. The largest absolute Gasteiger partial charge is 0.465 e. The van der Waals surface area contributed by atoms with E-state index in [1.165, 1.54) is 0 Å². The van der Waals surface area contributed by atoms with E-state index in [0.29, 0.717) is 0 Å². The number of ether oxygens (including phenoxy) is 3. The molecule has 1 aliphatic rings. The molecule has 0 radical (unpaired) electrons. The van der Waals surface area contributed by atoms with Gasteiger partial charge in [-0.1, -0.05) is 0 Å². The Morgan fingerprint density at radius 2 is 1.91 bits per heavy atom. The minimum Gasteiger partial charge on any atom is -0.465 e. The number of hydrogen-bond donors (Lipinski definition) is 1. The Morgan fingerprint density at radius 1 is 1.26 bits per heavy atom. The van der Waals surface area contributed by atoms with E-state index in [9.17, 15) is 14.4 Å². The van der Waals surface area contributed by atoms with Gasteiger partial charge in [-0.2, -0.15) is 5.48 Å². The number of carbonyl (C=O) groups is 3. The molecule has 1 heterocycles. The van der Waals surface area contributed by atoms with Crippen LogP contribution in [0, 0.1) is 5.92 Å². The molecule has 1 saturated heterocycles. The number of amides is 1. The summed E-state index contributed by atoms with van der Waals surface area (Å²) in [5.74, 6) is -0.880. The summed E-state index contributed by atoms with van der Waals surface area (Å²) in [5, 5.41) is 0. The average molecular weight is 331 g/mol. The molecule has 8 heteroatoms. The fourth-order valence-electron chi connectivity index (χ4n) is 1.75. The van der Waals surface area contributed by atoms with Gasteiger partial charge in [0.2, 0.25) is 0 Å². The Hall–Kier alpha value is -1.83. The van der Waals surface area contributed by atoms with E-state index in [1.54, 1.807) is 34.6 Å². The second-order valence-corrected chi connectivity index (χ2v) is 7.08. The van der Waals surface area contributed by atoms with Crippen molar-refractivity contribution in [2.45, 2.75) is 58.7 Å². The Kier molecular flexibility index (Phi) is 6.37. The highest BCUT2D eigenvalue weighted by atomic mass is 16.7. The molecule has 1 rings (SSSR count). The van der Waals surface area contributed by atoms with Crippen molar-refractivity contribution in [3.8, 4) is 0 Å². The predicted molar refractivity (Wildman–Crippen MR) is 79.2 cm³/mol. The molecular weight excluding hydrogens is 306 g/mol. The number of carbonyl (C=O) groups excluding carboxylic acids is 3. The van der Waals surface area contributed by atoms with Crippen LogP contribution in [0.25, 0.3) is 0 Å². The minimum absolute atomic E-state index is 0.0524. The maximum Gasteiger partial charge on any atom is 0.431 e. The third-order valence-electron chi connectivity index (χ3n) is 2.78. The fraction of sp³-hybridized carbons (Fsp3) is 0.800. The van der Waals surface area contributed by atoms with Gasteiger partial charge in [0, 0.05) is 5.92 Å². The third-order valence-corrected chi connectivity index (χ3v) is 2.78. The van der Waals surface area contributed by atoms with E-state index in [4.69, 9.17) is 19.0 Å². The molecule has 0 aromatic carbocycles. The van der Waals surface area contributed by atoms with Crippen molar-refractivity contribution in [1.29, 1.82) is 0 Å². The van der Waals surface area contributed by atoms with Crippen LogP contribution in [0.3, 0.4) is 0 Å². The van der Waals surface area contributed by atoms with Crippen molar-refractivity contribution in [1.82, 2.24) is 5.48 Å². The zero-order valence-corrected chi connectivity index (χ0v) is 14.3. The molecule has 1 unspecified atom stereocenters. The number of nitrogens with one attached hydrogen (secondary N) is 1. The van der Waals surface area contributed by atoms with Crippen molar-refractivity contribution < 1.29 is 33.4 Å². The average Bonchev–Trinajstić information content (AvgIpc) is 2.78. The molecule has 1 atom stereocenters. The van der Waals surface area contributed by atoms with E-state index in [2.05, 4.69) is 5.48 Å². The third kappa shape index (κ3) is 8.39. The van der Waals surface area contributed by atoms with Crippen LogP contribution in [-0.4, -0.2) is 42.4 Å². The van der Waals surface area contributed by atoms with Crippen molar-refractivity contribution in [3.05, 3.63) is 0 Å². The normalized spacial score (nSPS) is 18.3. The van der Waals surface area contributed by atoms with Crippen molar-refractivity contribution in [2.24, 2.45) is 5.92 Å². The Balaban J connectivity index is 2.27. The smallest absolute Gasteiger partial charge is 0.431 e. The van der Waals surface area contributed by atoms with Gasteiger partial charge in [-0.15, -0.1) is 0 Å².